The van der Waals surface area contributed by atoms with E-state index in [1.807, 2.05) is 0 Å². The van der Waals surface area contributed by atoms with Crippen molar-refractivity contribution >= 4 is 21.8 Å². The number of nitrogens with zero attached hydrogens (tertiary/aromatic N) is 2. The Bertz CT molecular complexity index is 867. The molecular formula is C14H6F6N2. The molecule has 0 aliphatic rings. The quantitative estimate of drug-likeness (QED) is 0.439. The van der Waals surface area contributed by atoms with E-state index in [9.17, 15) is 26.3 Å². The maximum absolute atomic E-state index is 12.7. The molecule has 1 aromatic carbocycles. The van der Waals surface area contributed by atoms with Crippen LogP contribution in [-0.4, -0.2) is 9.97 Å². The molecule has 0 aliphatic heterocycles. The van der Waals surface area contributed by atoms with Gasteiger partial charge in [0.05, 0.1) is 11.0 Å². The first-order valence-electron chi connectivity index (χ1n) is 6.01. The number of halogens is 6. The molecule has 0 fully saturated rings. The third-order valence-electron chi connectivity index (χ3n) is 3.11. The zero-order chi connectivity index (χ0) is 16.1. The van der Waals surface area contributed by atoms with Crippen LogP contribution in [0, 0.1) is 0 Å². The molecule has 8 heteroatoms. The number of hydrogen-bond acceptors (Lipinski definition) is 2. The maximum Gasteiger partial charge on any atom is 0.433 e. The first kappa shape index (κ1) is 14.6. The van der Waals surface area contributed by atoms with Crippen LogP contribution in [0.3, 0.4) is 0 Å². The highest BCUT2D eigenvalue weighted by Crippen LogP contribution is 2.33. The first-order valence-corrected chi connectivity index (χ1v) is 6.01. The summed E-state index contributed by atoms with van der Waals surface area (Å²) in [6, 6.07) is 6.57. The highest BCUT2D eigenvalue weighted by molar-refractivity contribution is 6.03. The van der Waals surface area contributed by atoms with Crippen molar-refractivity contribution < 1.29 is 26.3 Å². The van der Waals surface area contributed by atoms with Crippen molar-refractivity contribution in [2.75, 3.05) is 0 Å². The molecule has 0 saturated heterocycles. The van der Waals surface area contributed by atoms with Gasteiger partial charge in [0.1, 0.15) is 11.4 Å². The Labute approximate surface area is 119 Å². The lowest BCUT2D eigenvalue weighted by molar-refractivity contribution is -0.141. The van der Waals surface area contributed by atoms with E-state index in [1.54, 1.807) is 0 Å². The third kappa shape index (κ3) is 2.44. The van der Waals surface area contributed by atoms with Crippen LogP contribution in [0.2, 0.25) is 0 Å². The molecule has 2 aromatic heterocycles. The van der Waals surface area contributed by atoms with Crippen molar-refractivity contribution in [3.63, 3.8) is 0 Å². The molecule has 114 valence electrons. The molecule has 2 nitrogen and oxygen atoms in total. The van der Waals surface area contributed by atoms with Gasteiger partial charge in [-0.2, -0.15) is 26.3 Å². The minimum atomic E-state index is -4.63. The number of rotatable bonds is 0. The highest BCUT2D eigenvalue weighted by Gasteiger charge is 2.34. The summed E-state index contributed by atoms with van der Waals surface area (Å²) in [6.07, 6.45) is -9.25. The van der Waals surface area contributed by atoms with Gasteiger partial charge >= 0.3 is 12.4 Å². The largest absolute Gasteiger partial charge is 0.433 e. The zero-order valence-electron chi connectivity index (χ0n) is 10.6. The lowest BCUT2D eigenvalue weighted by atomic mass is 10.1. The monoisotopic (exact) mass is 316 g/mol. The highest BCUT2D eigenvalue weighted by atomic mass is 19.4. The van der Waals surface area contributed by atoms with Gasteiger partial charge in [-0.15, -0.1) is 0 Å². The van der Waals surface area contributed by atoms with Crippen LogP contribution in [0.25, 0.3) is 21.8 Å². The molecule has 0 N–H and O–H groups in total. The van der Waals surface area contributed by atoms with Gasteiger partial charge in [-0.25, -0.2) is 9.97 Å². The number of benzene rings is 1. The van der Waals surface area contributed by atoms with Crippen LogP contribution in [0.1, 0.15) is 11.4 Å². The van der Waals surface area contributed by atoms with E-state index in [2.05, 4.69) is 9.97 Å². The smallest absolute Gasteiger partial charge is 0.243 e. The predicted molar refractivity (Wildman–Crippen MR) is 67.0 cm³/mol. The van der Waals surface area contributed by atoms with Gasteiger partial charge in [0, 0.05) is 10.8 Å². The Kier molecular flexibility index (Phi) is 3.01. The van der Waals surface area contributed by atoms with Crippen LogP contribution in [0.5, 0.6) is 0 Å². The van der Waals surface area contributed by atoms with E-state index in [4.69, 9.17) is 0 Å². The Hall–Kier alpha value is -2.38. The Morgan fingerprint density at radius 1 is 0.636 bits per heavy atom. The standard InChI is InChI=1S/C14H6F6N2/c15-13(16,17)10-6-3-8-9(21-10)4-1-7-2-5-11(14(18,19)20)22-12(7)8/h1-6H. The van der Waals surface area contributed by atoms with Crippen molar-refractivity contribution in [3.05, 3.63) is 47.8 Å². The van der Waals surface area contributed by atoms with Crippen LogP contribution >= 0.6 is 0 Å². The summed E-state index contributed by atoms with van der Waals surface area (Å²) < 4.78 is 76.0. The first-order chi connectivity index (χ1) is 10.2. The van der Waals surface area contributed by atoms with Crippen molar-refractivity contribution in [3.8, 4) is 0 Å². The minimum absolute atomic E-state index is 0.0338. The zero-order valence-corrected chi connectivity index (χ0v) is 10.6. The lowest BCUT2D eigenvalue weighted by Crippen LogP contribution is -2.09. The Balaban J connectivity index is 2.30. The normalized spacial score (nSPS) is 13.0. The Morgan fingerprint density at radius 2 is 1.18 bits per heavy atom. The van der Waals surface area contributed by atoms with E-state index in [-0.39, 0.29) is 16.4 Å². The van der Waals surface area contributed by atoms with Crippen molar-refractivity contribution in [1.29, 1.82) is 0 Å². The number of hydrogen-bond donors (Lipinski definition) is 0. The van der Waals surface area contributed by atoms with E-state index in [1.165, 1.54) is 18.2 Å². The third-order valence-corrected chi connectivity index (χ3v) is 3.11. The minimum Gasteiger partial charge on any atom is -0.243 e. The fourth-order valence-corrected chi connectivity index (χ4v) is 2.11. The second-order valence-corrected chi connectivity index (χ2v) is 4.59. The van der Waals surface area contributed by atoms with Gasteiger partial charge < -0.3 is 0 Å². The van der Waals surface area contributed by atoms with Crippen LogP contribution in [-0.2, 0) is 12.4 Å². The number of alkyl halides is 6. The van der Waals surface area contributed by atoms with Gasteiger partial charge in [-0.3, -0.25) is 0 Å². The van der Waals surface area contributed by atoms with Gasteiger partial charge in [-0.1, -0.05) is 12.1 Å². The van der Waals surface area contributed by atoms with Gasteiger partial charge in [0.25, 0.3) is 0 Å². The predicted octanol–water partition coefficient (Wildman–Crippen LogP) is 4.82. The topological polar surface area (TPSA) is 25.8 Å². The summed E-state index contributed by atoms with van der Waals surface area (Å²) in [6.45, 7) is 0. The molecule has 2 heterocycles. The second kappa shape index (κ2) is 4.56. The van der Waals surface area contributed by atoms with Crippen LogP contribution in [0.4, 0.5) is 26.3 Å². The molecule has 0 unspecified atom stereocenters. The van der Waals surface area contributed by atoms with Gasteiger partial charge in [0.15, 0.2) is 0 Å². The van der Waals surface area contributed by atoms with E-state index >= 15 is 0 Å². The molecule has 0 atom stereocenters. The van der Waals surface area contributed by atoms with E-state index < -0.39 is 23.7 Å². The van der Waals surface area contributed by atoms with Gasteiger partial charge in [-0.05, 0) is 24.3 Å². The van der Waals surface area contributed by atoms with Crippen molar-refractivity contribution in [1.82, 2.24) is 9.97 Å². The number of fused-ring (bicyclic) bond motifs is 3. The molecule has 3 aromatic rings. The molecule has 0 saturated carbocycles. The molecule has 0 bridgehead atoms. The summed E-state index contributed by atoms with van der Waals surface area (Å²) in [4.78, 5) is 6.96. The number of aromatic nitrogens is 2. The fourth-order valence-electron chi connectivity index (χ4n) is 2.11. The van der Waals surface area contributed by atoms with Crippen LogP contribution in [0.15, 0.2) is 36.4 Å². The van der Waals surface area contributed by atoms with Crippen LogP contribution < -0.4 is 0 Å². The average Bonchev–Trinajstić information content (AvgIpc) is 2.44. The van der Waals surface area contributed by atoms with E-state index in [0.29, 0.717) is 5.39 Å². The second-order valence-electron chi connectivity index (χ2n) is 4.59. The average molecular weight is 316 g/mol. The summed E-state index contributed by atoms with van der Waals surface area (Å²) in [5, 5.41) is 0.527. The van der Waals surface area contributed by atoms with E-state index in [0.717, 1.165) is 18.2 Å². The summed E-state index contributed by atoms with van der Waals surface area (Å²) in [5.41, 5.74) is -2.30. The summed E-state index contributed by atoms with van der Waals surface area (Å²) in [7, 11) is 0. The maximum atomic E-state index is 12.7. The summed E-state index contributed by atoms with van der Waals surface area (Å²) >= 11 is 0. The van der Waals surface area contributed by atoms with Crippen molar-refractivity contribution in [2.24, 2.45) is 0 Å². The van der Waals surface area contributed by atoms with Gasteiger partial charge in [0.2, 0.25) is 0 Å². The molecule has 0 radical (unpaired) electrons. The fraction of sp³-hybridized carbons (Fsp3) is 0.143. The molecule has 0 amide bonds. The SMILES string of the molecule is FC(F)(F)c1ccc2c(ccc3ccc(C(F)(F)F)nc32)n1. The molecule has 0 aliphatic carbocycles. The molecule has 0 spiro atoms. The summed E-state index contributed by atoms with van der Waals surface area (Å²) in [5.74, 6) is 0. The number of pyridine rings is 2. The lowest BCUT2D eigenvalue weighted by Gasteiger charge is -2.10. The van der Waals surface area contributed by atoms with Crippen molar-refractivity contribution in [2.45, 2.75) is 12.4 Å². The molecule has 3 rings (SSSR count). The molecule has 22 heavy (non-hydrogen) atoms. The molecular weight excluding hydrogens is 310 g/mol. The Morgan fingerprint density at radius 3 is 1.82 bits per heavy atom.